The third kappa shape index (κ3) is 1.58. The SMILES string of the molecule is COC(=O)c1sc2c(F)c(C)ccc2c1Cl. The molecule has 0 amide bonds. The van der Waals surface area contributed by atoms with Gasteiger partial charge in [0.25, 0.3) is 0 Å². The summed E-state index contributed by atoms with van der Waals surface area (Å²) in [5, 5.41) is 0.806. The molecule has 5 heteroatoms. The summed E-state index contributed by atoms with van der Waals surface area (Å²) in [5.74, 6) is -0.872. The molecular weight excluding hydrogens is 251 g/mol. The van der Waals surface area contributed by atoms with Crippen LogP contribution in [0.1, 0.15) is 15.2 Å². The molecule has 0 aliphatic rings. The maximum absolute atomic E-state index is 13.8. The minimum absolute atomic E-state index is 0.240. The molecule has 2 rings (SSSR count). The first-order chi connectivity index (χ1) is 7.56. The minimum Gasteiger partial charge on any atom is -0.465 e. The van der Waals surface area contributed by atoms with Gasteiger partial charge in [0.15, 0.2) is 0 Å². The van der Waals surface area contributed by atoms with Gasteiger partial charge < -0.3 is 4.74 Å². The van der Waals surface area contributed by atoms with E-state index < -0.39 is 5.97 Å². The molecule has 0 radical (unpaired) electrons. The summed E-state index contributed by atoms with van der Waals surface area (Å²) in [6.07, 6.45) is 0. The number of halogens is 2. The van der Waals surface area contributed by atoms with Crippen molar-refractivity contribution in [2.75, 3.05) is 7.11 Å². The number of benzene rings is 1. The van der Waals surface area contributed by atoms with Crippen LogP contribution < -0.4 is 0 Å². The van der Waals surface area contributed by atoms with Gasteiger partial charge in [-0.1, -0.05) is 23.7 Å². The number of thiophene rings is 1. The third-order valence-corrected chi connectivity index (χ3v) is 3.98. The van der Waals surface area contributed by atoms with Crippen molar-refractivity contribution >= 4 is 39.0 Å². The molecule has 0 unspecified atom stereocenters. The Morgan fingerprint density at radius 3 is 2.81 bits per heavy atom. The van der Waals surface area contributed by atoms with Gasteiger partial charge in [0.2, 0.25) is 0 Å². The number of hydrogen-bond donors (Lipinski definition) is 0. The van der Waals surface area contributed by atoms with Gasteiger partial charge in [-0.3, -0.25) is 0 Å². The molecule has 0 N–H and O–H groups in total. The second-order valence-corrected chi connectivity index (χ2v) is 4.71. The van der Waals surface area contributed by atoms with Crippen molar-refractivity contribution in [3.8, 4) is 0 Å². The van der Waals surface area contributed by atoms with Gasteiger partial charge in [-0.15, -0.1) is 11.3 Å². The number of methoxy groups -OCH3 is 1. The van der Waals surface area contributed by atoms with E-state index in [1.54, 1.807) is 19.1 Å². The predicted molar refractivity (Wildman–Crippen MR) is 62.9 cm³/mol. The molecule has 1 heterocycles. The van der Waals surface area contributed by atoms with Crippen molar-refractivity contribution < 1.29 is 13.9 Å². The number of aryl methyl sites for hydroxylation is 1. The number of carbonyl (C=O) groups is 1. The van der Waals surface area contributed by atoms with Crippen molar-refractivity contribution in [1.29, 1.82) is 0 Å². The second kappa shape index (κ2) is 4.03. The Bertz CT molecular complexity index is 577. The van der Waals surface area contributed by atoms with E-state index in [0.717, 1.165) is 11.3 Å². The normalized spacial score (nSPS) is 10.8. The monoisotopic (exact) mass is 258 g/mol. The smallest absolute Gasteiger partial charge is 0.349 e. The molecular formula is C11H8ClFO2S. The lowest BCUT2D eigenvalue weighted by molar-refractivity contribution is 0.0606. The van der Waals surface area contributed by atoms with Crippen molar-refractivity contribution in [2.45, 2.75) is 6.92 Å². The van der Waals surface area contributed by atoms with Gasteiger partial charge in [0, 0.05) is 5.39 Å². The lowest BCUT2D eigenvalue weighted by Crippen LogP contribution is -1.97. The van der Waals surface area contributed by atoms with E-state index in [1.807, 2.05) is 0 Å². The topological polar surface area (TPSA) is 26.3 Å². The summed E-state index contributed by atoms with van der Waals surface area (Å²) in [6.45, 7) is 1.67. The summed E-state index contributed by atoms with van der Waals surface area (Å²) in [7, 11) is 1.27. The highest BCUT2D eigenvalue weighted by Crippen LogP contribution is 2.37. The average Bonchev–Trinajstić information content (AvgIpc) is 2.61. The first-order valence-electron chi connectivity index (χ1n) is 4.51. The van der Waals surface area contributed by atoms with Crippen LogP contribution in [0.4, 0.5) is 4.39 Å². The zero-order valence-corrected chi connectivity index (χ0v) is 10.2. The zero-order chi connectivity index (χ0) is 11.9. The highest BCUT2D eigenvalue weighted by Gasteiger charge is 2.20. The molecule has 16 heavy (non-hydrogen) atoms. The van der Waals surface area contributed by atoms with Crippen LogP contribution >= 0.6 is 22.9 Å². The van der Waals surface area contributed by atoms with Crippen molar-refractivity contribution in [2.24, 2.45) is 0 Å². The average molecular weight is 259 g/mol. The maximum Gasteiger partial charge on any atom is 0.349 e. The molecule has 0 spiro atoms. The van der Waals surface area contributed by atoms with Crippen LogP contribution in [-0.4, -0.2) is 13.1 Å². The lowest BCUT2D eigenvalue weighted by atomic mass is 10.2. The summed E-state index contributed by atoms with van der Waals surface area (Å²) >= 11 is 7.01. The van der Waals surface area contributed by atoms with Crippen LogP contribution in [0.5, 0.6) is 0 Å². The van der Waals surface area contributed by atoms with Crippen molar-refractivity contribution in [3.63, 3.8) is 0 Å². The first-order valence-corrected chi connectivity index (χ1v) is 5.71. The Morgan fingerprint density at radius 2 is 2.19 bits per heavy atom. The van der Waals surface area contributed by atoms with E-state index in [9.17, 15) is 9.18 Å². The largest absolute Gasteiger partial charge is 0.465 e. The molecule has 1 aromatic carbocycles. The Hall–Kier alpha value is -1.13. The minimum atomic E-state index is -0.539. The molecule has 1 aromatic heterocycles. The highest BCUT2D eigenvalue weighted by atomic mass is 35.5. The number of rotatable bonds is 1. The number of carbonyl (C=O) groups excluding carboxylic acids is 1. The predicted octanol–water partition coefficient (Wildman–Crippen LogP) is 3.79. The van der Waals surface area contributed by atoms with Gasteiger partial charge >= 0.3 is 5.97 Å². The van der Waals surface area contributed by atoms with E-state index in [0.29, 0.717) is 15.6 Å². The van der Waals surface area contributed by atoms with Crippen LogP contribution in [0.3, 0.4) is 0 Å². The molecule has 0 saturated heterocycles. The summed E-state index contributed by atoms with van der Waals surface area (Å²) < 4.78 is 18.7. The maximum atomic E-state index is 13.8. The number of ether oxygens (including phenoxy) is 1. The number of esters is 1. The van der Waals surface area contributed by atoms with Crippen LogP contribution in [0.2, 0.25) is 5.02 Å². The summed E-state index contributed by atoms with van der Waals surface area (Å²) in [6, 6.07) is 3.34. The van der Waals surface area contributed by atoms with Gasteiger partial charge in [0.1, 0.15) is 10.7 Å². The standard InChI is InChI=1S/C11H8ClFO2S/c1-5-3-4-6-7(12)10(11(14)15-2)16-9(6)8(5)13/h3-4H,1-2H3. The molecule has 0 bridgehead atoms. The third-order valence-electron chi connectivity index (χ3n) is 2.30. The van der Waals surface area contributed by atoms with E-state index in [4.69, 9.17) is 11.6 Å². The molecule has 0 saturated carbocycles. The van der Waals surface area contributed by atoms with Crippen LogP contribution in [0, 0.1) is 12.7 Å². The van der Waals surface area contributed by atoms with Gasteiger partial charge in [-0.25, -0.2) is 9.18 Å². The van der Waals surface area contributed by atoms with E-state index >= 15 is 0 Å². The van der Waals surface area contributed by atoms with Crippen molar-refractivity contribution in [1.82, 2.24) is 0 Å². The van der Waals surface area contributed by atoms with E-state index in [1.165, 1.54) is 7.11 Å². The molecule has 2 nitrogen and oxygen atoms in total. The Kier molecular flexibility index (Phi) is 2.86. The fourth-order valence-electron chi connectivity index (χ4n) is 1.42. The van der Waals surface area contributed by atoms with E-state index in [2.05, 4.69) is 4.74 Å². The summed E-state index contributed by atoms with van der Waals surface area (Å²) in [4.78, 5) is 11.6. The fraction of sp³-hybridized carbons (Fsp3) is 0.182. The molecule has 0 aliphatic carbocycles. The van der Waals surface area contributed by atoms with Crippen molar-refractivity contribution in [3.05, 3.63) is 33.4 Å². The Morgan fingerprint density at radius 1 is 1.50 bits per heavy atom. The Labute approximate surface area is 101 Å². The molecule has 0 aliphatic heterocycles. The van der Waals surface area contributed by atoms with Gasteiger partial charge in [0.05, 0.1) is 16.8 Å². The second-order valence-electron chi connectivity index (χ2n) is 3.31. The lowest BCUT2D eigenvalue weighted by Gasteiger charge is -1.96. The van der Waals surface area contributed by atoms with Gasteiger partial charge in [-0.2, -0.15) is 0 Å². The van der Waals surface area contributed by atoms with E-state index in [-0.39, 0.29) is 15.7 Å². The zero-order valence-electron chi connectivity index (χ0n) is 8.64. The summed E-state index contributed by atoms with van der Waals surface area (Å²) in [5.41, 5.74) is 0.529. The molecule has 0 atom stereocenters. The van der Waals surface area contributed by atoms with Crippen LogP contribution in [0.25, 0.3) is 10.1 Å². The fourth-order valence-corrected chi connectivity index (χ4v) is 2.93. The first kappa shape index (κ1) is 11.4. The van der Waals surface area contributed by atoms with Crippen LogP contribution in [-0.2, 0) is 4.74 Å². The van der Waals surface area contributed by atoms with Gasteiger partial charge in [-0.05, 0) is 12.5 Å². The molecule has 2 aromatic rings. The molecule has 0 fully saturated rings. The molecule has 84 valence electrons. The quantitative estimate of drug-likeness (QED) is 0.728. The highest BCUT2D eigenvalue weighted by molar-refractivity contribution is 7.21. The van der Waals surface area contributed by atoms with Crippen LogP contribution in [0.15, 0.2) is 12.1 Å². The Balaban J connectivity index is 2.77. The number of hydrogen-bond acceptors (Lipinski definition) is 3. The number of fused-ring (bicyclic) bond motifs is 1.